The first-order valence-electron chi connectivity index (χ1n) is 5.83. The van der Waals surface area contributed by atoms with Gasteiger partial charge in [0.25, 0.3) is 0 Å². The summed E-state index contributed by atoms with van der Waals surface area (Å²) < 4.78 is 0. The van der Waals surface area contributed by atoms with Crippen LogP contribution >= 0.6 is 0 Å². The van der Waals surface area contributed by atoms with Gasteiger partial charge in [-0.15, -0.1) is 0 Å². The maximum Gasteiger partial charge on any atom is 0.00123 e. The number of hydrogen-bond acceptors (Lipinski definition) is 1. The lowest BCUT2D eigenvalue weighted by Crippen LogP contribution is -2.18. The van der Waals surface area contributed by atoms with Crippen molar-refractivity contribution < 1.29 is 0 Å². The molecule has 0 bridgehead atoms. The SMILES string of the molecule is CC.CCC1CN(C)CC1C(C)C. The lowest BCUT2D eigenvalue weighted by Gasteiger charge is -2.20. The number of rotatable bonds is 2. The Balaban J connectivity index is 0.000000671. The van der Waals surface area contributed by atoms with E-state index in [9.17, 15) is 0 Å². The minimum atomic E-state index is 0.866. The Morgan fingerprint density at radius 1 is 1.23 bits per heavy atom. The van der Waals surface area contributed by atoms with E-state index in [2.05, 4.69) is 32.7 Å². The number of nitrogens with zero attached hydrogens (tertiary/aromatic N) is 1. The lowest BCUT2D eigenvalue weighted by molar-refractivity contribution is 0.309. The maximum absolute atomic E-state index is 2.47. The van der Waals surface area contributed by atoms with Crippen LogP contribution in [0, 0.1) is 17.8 Å². The molecule has 0 aromatic heterocycles. The zero-order chi connectivity index (χ0) is 10.4. The van der Waals surface area contributed by atoms with Crippen LogP contribution in [0.5, 0.6) is 0 Å². The molecule has 0 N–H and O–H groups in total. The highest BCUT2D eigenvalue weighted by molar-refractivity contribution is 4.82. The molecule has 1 nitrogen and oxygen atoms in total. The summed E-state index contributed by atoms with van der Waals surface area (Å²) in [6, 6.07) is 0. The van der Waals surface area contributed by atoms with E-state index in [-0.39, 0.29) is 0 Å². The van der Waals surface area contributed by atoms with Crippen molar-refractivity contribution in [1.82, 2.24) is 4.90 Å². The molecule has 0 amide bonds. The average Bonchev–Trinajstić information content (AvgIpc) is 2.50. The first-order chi connectivity index (χ1) is 6.15. The summed E-state index contributed by atoms with van der Waals surface area (Å²) in [6.07, 6.45) is 1.35. The zero-order valence-electron chi connectivity index (χ0n) is 10.3. The van der Waals surface area contributed by atoms with E-state index < -0.39 is 0 Å². The summed E-state index contributed by atoms with van der Waals surface area (Å²) in [5.41, 5.74) is 0. The second kappa shape index (κ2) is 6.42. The molecule has 0 aromatic rings. The largest absolute Gasteiger partial charge is 0.306 e. The molecule has 1 heteroatoms. The molecule has 13 heavy (non-hydrogen) atoms. The van der Waals surface area contributed by atoms with Crippen LogP contribution in [0.25, 0.3) is 0 Å². The molecule has 2 atom stereocenters. The van der Waals surface area contributed by atoms with Gasteiger partial charge < -0.3 is 4.90 Å². The minimum absolute atomic E-state index is 0.866. The fourth-order valence-electron chi connectivity index (χ4n) is 2.31. The Morgan fingerprint density at radius 2 is 1.77 bits per heavy atom. The van der Waals surface area contributed by atoms with E-state index in [1.807, 2.05) is 13.8 Å². The summed E-state index contributed by atoms with van der Waals surface area (Å²) in [5, 5.41) is 0. The number of hydrogen-bond donors (Lipinski definition) is 0. The standard InChI is InChI=1S/C10H21N.C2H6/c1-5-9-6-11(4)7-10(9)8(2)3;1-2/h8-10H,5-7H2,1-4H3;1-2H3. The number of likely N-dealkylation sites (tertiary alicyclic amines) is 1. The third kappa shape index (κ3) is 3.68. The Kier molecular flexibility index (Phi) is 6.40. The fourth-order valence-corrected chi connectivity index (χ4v) is 2.31. The molecular weight excluding hydrogens is 158 g/mol. The maximum atomic E-state index is 2.47. The van der Waals surface area contributed by atoms with Gasteiger partial charge in [0.15, 0.2) is 0 Å². The summed E-state index contributed by atoms with van der Waals surface area (Å²) >= 11 is 0. The van der Waals surface area contributed by atoms with Crippen LogP contribution in [0.15, 0.2) is 0 Å². The van der Waals surface area contributed by atoms with Crippen LogP contribution in [0.2, 0.25) is 0 Å². The van der Waals surface area contributed by atoms with Crippen molar-refractivity contribution >= 4 is 0 Å². The van der Waals surface area contributed by atoms with Gasteiger partial charge in [0.2, 0.25) is 0 Å². The topological polar surface area (TPSA) is 3.24 Å². The Labute approximate surface area is 84.5 Å². The van der Waals surface area contributed by atoms with E-state index in [4.69, 9.17) is 0 Å². The van der Waals surface area contributed by atoms with Gasteiger partial charge in [0, 0.05) is 13.1 Å². The van der Waals surface area contributed by atoms with Gasteiger partial charge in [0.1, 0.15) is 0 Å². The smallest absolute Gasteiger partial charge is 0.00123 e. The lowest BCUT2D eigenvalue weighted by atomic mass is 9.85. The first-order valence-corrected chi connectivity index (χ1v) is 5.83. The quantitative estimate of drug-likeness (QED) is 0.638. The van der Waals surface area contributed by atoms with E-state index in [1.54, 1.807) is 0 Å². The predicted molar refractivity (Wildman–Crippen MR) is 61.0 cm³/mol. The van der Waals surface area contributed by atoms with Gasteiger partial charge in [-0.1, -0.05) is 41.0 Å². The minimum Gasteiger partial charge on any atom is -0.306 e. The molecule has 0 aliphatic carbocycles. The molecule has 0 spiro atoms. The molecule has 1 heterocycles. The summed E-state index contributed by atoms with van der Waals surface area (Å²) in [5.74, 6) is 2.77. The molecular formula is C12H27N. The highest BCUT2D eigenvalue weighted by Crippen LogP contribution is 2.30. The molecule has 0 aromatic carbocycles. The second-order valence-corrected chi connectivity index (χ2v) is 4.30. The van der Waals surface area contributed by atoms with Crippen molar-refractivity contribution in [2.24, 2.45) is 17.8 Å². The van der Waals surface area contributed by atoms with Crippen LogP contribution in [0.4, 0.5) is 0 Å². The summed E-state index contributed by atoms with van der Waals surface area (Å²) in [4.78, 5) is 2.47. The van der Waals surface area contributed by atoms with Crippen molar-refractivity contribution in [2.45, 2.75) is 41.0 Å². The van der Waals surface area contributed by atoms with Crippen molar-refractivity contribution in [3.63, 3.8) is 0 Å². The highest BCUT2D eigenvalue weighted by atomic mass is 15.1. The molecule has 2 unspecified atom stereocenters. The van der Waals surface area contributed by atoms with Crippen LogP contribution in [0.1, 0.15) is 41.0 Å². The Bertz CT molecular complexity index is 120. The van der Waals surface area contributed by atoms with Gasteiger partial charge in [-0.25, -0.2) is 0 Å². The molecule has 1 rings (SSSR count). The zero-order valence-corrected chi connectivity index (χ0v) is 10.3. The van der Waals surface area contributed by atoms with E-state index in [1.165, 1.54) is 19.5 Å². The van der Waals surface area contributed by atoms with E-state index in [0.717, 1.165) is 17.8 Å². The van der Waals surface area contributed by atoms with Crippen LogP contribution in [-0.4, -0.2) is 25.0 Å². The van der Waals surface area contributed by atoms with Gasteiger partial charge in [-0.3, -0.25) is 0 Å². The Morgan fingerprint density at radius 3 is 2.08 bits per heavy atom. The average molecular weight is 185 g/mol. The molecule has 1 saturated heterocycles. The van der Waals surface area contributed by atoms with Crippen LogP contribution < -0.4 is 0 Å². The molecule has 0 radical (unpaired) electrons. The Hall–Kier alpha value is -0.0400. The predicted octanol–water partition coefficient (Wildman–Crippen LogP) is 3.26. The van der Waals surface area contributed by atoms with E-state index in [0.29, 0.717) is 0 Å². The van der Waals surface area contributed by atoms with Crippen LogP contribution in [0.3, 0.4) is 0 Å². The van der Waals surface area contributed by atoms with E-state index >= 15 is 0 Å². The first kappa shape index (κ1) is 13.0. The molecule has 1 aliphatic rings. The van der Waals surface area contributed by atoms with Crippen molar-refractivity contribution in [1.29, 1.82) is 0 Å². The van der Waals surface area contributed by atoms with Gasteiger partial charge in [-0.05, 0) is 24.8 Å². The summed E-state index contributed by atoms with van der Waals surface area (Å²) in [7, 11) is 2.24. The van der Waals surface area contributed by atoms with Crippen molar-refractivity contribution in [3.8, 4) is 0 Å². The van der Waals surface area contributed by atoms with Gasteiger partial charge in [0.05, 0.1) is 0 Å². The molecule has 1 aliphatic heterocycles. The fraction of sp³-hybridized carbons (Fsp3) is 1.00. The highest BCUT2D eigenvalue weighted by Gasteiger charge is 2.30. The molecule has 0 saturated carbocycles. The summed E-state index contributed by atoms with van der Waals surface area (Å²) in [6.45, 7) is 13.7. The monoisotopic (exact) mass is 185 g/mol. The molecule has 1 fully saturated rings. The molecule has 80 valence electrons. The van der Waals surface area contributed by atoms with Crippen LogP contribution in [-0.2, 0) is 0 Å². The second-order valence-electron chi connectivity index (χ2n) is 4.30. The third-order valence-electron chi connectivity index (χ3n) is 3.05. The normalized spacial score (nSPS) is 28.8. The third-order valence-corrected chi connectivity index (χ3v) is 3.05. The van der Waals surface area contributed by atoms with Crippen molar-refractivity contribution in [3.05, 3.63) is 0 Å². The van der Waals surface area contributed by atoms with Gasteiger partial charge >= 0.3 is 0 Å². The van der Waals surface area contributed by atoms with Gasteiger partial charge in [-0.2, -0.15) is 0 Å². The van der Waals surface area contributed by atoms with Crippen molar-refractivity contribution in [2.75, 3.05) is 20.1 Å².